The minimum absolute atomic E-state index is 0.143. The number of amides is 1. The maximum atomic E-state index is 12.6. The van der Waals surface area contributed by atoms with Crippen molar-refractivity contribution in [2.45, 2.75) is 26.7 Å². The summed E-state index contributed by atoms with van der Waals surface area (Å²) in [5.74, 6) is 1.13. The summed E-state index contributed by atoms with van der Waals surface area (Å²) in [7, 11) is 1.65. The topological polar surface area (TPSA) is 49.9 Å². The molecule has 5 nitrogen and oxygen atoms in total. The van der Waals surface area contributed by atoms with Gasteiger partial charge in [0.1, 0.15) is 5.75 Å². The van der Waals surface area contributed by atoms with Gasteiger partial charge >= 0.3 is 0 Å². The first kappa shape index (κ1) is 21.1. The van der Waals surface area contributed by atoms with E-state index in [2.05, 4.69) is 4.90 Å². The van der Waals surface area contributed by atoms with Crippen LogP contribution in [-0.4, -0.2) is 61.3 Å². The van der Waals surface area contributed by atoms with Gasteiger partial charge in [0.25, 0.3) is 0 Å². The number of nitrogens with zero attached hydrogens (tertiary/aromatic N) is 2. The first-order chi connectivity index (χ1) is 14.0. The highest BCUT2D eigenvalue weighted by Crippen LogP contribution is 2.19. The molecule has 5 heteroatoms. The van der Waals surface area contributed by atoms with Gasteiger partial charge in [0, 0.05) is 38.2 Å². The van der Waals surface area contributed by atoms with Crippen LogP contribution in [0.25, 0.3) is 0 Å². The molecule has 0 bridgehead atoms. The Hall–Kier alpha value is -2.66. The van der Waals surface area contributed by atoms with Crippen LogP contribution in [0.4, 0.5) is 0 Å². The van der Waals surface area contributed by atoms with Crippen LogP contribution in [0, 0.1) is 13.8 Å². The summed E-state index contributed by atoms with van der Waals surface area (Å²) in [5.41, 5.74) is 4.16. The van der Waals surface area contributed by atoms with Gasteiger partial charge in [0.15, 0.2) is 5.78 Å². The average molecular weight is 395 g/mol. The second-order valence-electron chi connectivity index (χ2n) is 7.69. The van der Waals surface area contributed by atoms with Crippen LogP contribution < -0.4 is 4.74 Å². The van der Waals surface area contributed by atoms with Crippen LogP contribution in [0.3, 0.4) is 0 Å². The minimum Gasteiger partial charge on any atom is -0.496 e. The number of aryl methyl sites for hydroxylation is 3. The highest BCUT2D eigenvalue weighted by atomic mass is 16.5. The fourth-order valence-electron chi connectivity index (χ4n) is 3.67. The largest absolute Gasteiger partial charge is 0.496 e. The molecule has 0 aromatic heterocycles. The lowest BCUT2D eigenvalue weighted by molar-refractivity contribution is -0.132. The quantitative estimate of drug-likeness (QED) is 0.677. The SMILES string of the molecule is COc1ccccc1CCC(=O)N1CCN(CC(=O)c2ccc(C)c(C)c2)CC1. The van der Waals surface area contributed by atoms with E-state index in [1.165, 1.54) is 5.56 Å². The Morgan fingerprint density at radius 3 is 2.38 bits per heavy atom. The molecule has 1 heterocycles. The molecule has 154 valence electrons. The Bertz CT molecular complexity index is 870. The summed E-state index contributed by atoms with van der Waals surface area (Å²) in [5, 5.41) is 0. The first-order valence-corrected chi connectivity index (χ1v) is 10.2. The zero-order valence-corrected chi connectivity index (χ0v) is 17.6. The second kappa shape index (κ2) is 9.70. The third-order valence-corrected chi connectivity index (χ3v) is 5.72. The number of piperazine rings is 1. The molecule has 1 amide bonds. The van der Waals surface area contributed by atoms with Crippen molar-refractivity contribution in [2.75, 3.05) is 39.8 Å². The molecule has 1 aliphatic heterocycles. The standard InChI is InChI=1S/C24H30N2O3/c1-18-8-9-21(16-19(18)2)22(27)17-25-12-14-26(15-13-25)24(28)11-10-20-6-4-5-7-23(20)29-3/h4-9,16H,10-15,17H2,1-3H3. The Labute approximate surface area is 173 Å². The molecule has 0 atom stereocenters. The summed E-state index contributed by atoms with van der Waals surface area (Å²) in [4.78, 5) is 29.2. The molecule has 0 spiro atoms. The van der Waals surface area contributed by atoms with E-state index < -0.39 is 0 Å². The van der Waals surface area contributed by atoms with E-state index >= 15 is 0 Å². The maximum Gasteiger partial charge on any atom is 0.222 e. The minimum atomic E-state index is 0.143. The summed E-state index contributed by atoms with van der Waals surface area (Å²) >= 11 is 0. The molecular weight excluding hydrogens is 364 g/mol. The van der Waals surface area contributed by atoms with E-state index in [1.54, 1.807) is 7.11 Å². The molecular formula is C24H30N2O3. The predicted molar refractivity (Wildman–Crippen MR) is 115 cm³/mol. The molecule has 0 N–H and O–H groups in total. The van der Waals surface area contributed by atoms with Gasteiger partial charge in [-0.2, -0.15) is 0 Å². The second-order valence-corrected chi connectivity index (χ2v) is 7.69. The molecule has 0 saturated carbocycles. The summed E-state index contributed by atoms with van der Waals surface area (Å²) in [6, 6.07) is 13.7. The monoisotopic (exact) mass is 394 g/mol. The molecule has 29 heavy (non-hydrogen) atoms. The van der Waals surface area contributed by atoms with E-state index in [0.717, 1.165) is 35.5 Å². The maximum absolute atomic E-state index is 12.6. The Morgan fingerprint density at radius 2 is 1.69 bits per heavy atom. The van der Waals surface area contributed by atoms with Crippen molar-refractivity contribution in [3.05, 3.63) is 64.7 Å². The molecule has 0 radical (unpaired) electrons. The van der Waals surface area contributed by atoms with Gasteiger partial charge in [0.05, 0.1) is 13.7 Å². The van der Waals surface area contributed by atoms with E-state index in [-0.39, 0.29) is 11.7 Å². The summed E-state index contributed by atoms with van der Waals surface area (Å²) in [6.07, 6.45) is 1.15. The number of rotatable bonds is 7. The summed E-state index contributed by atoms with van der Waals surface area (Å²) in [6.45, 7) is 7.30. The van der Waals surface area contributed by atoms with Crippen LogP contribution in [0.1, 0.15) is 33.5 Å². The number of ketones is 1. The van der Waals surface area contributed by atoms with Gasteiger partial charge in [-0.3, -0.25) is 14.5 Å². The fraction of sp³-hybridized carbons (Fsp3) is 0.417. The van der Waals surface area contributed by atoms with Crippen molar-refractivity contribution < 1.29 is 14.3 Å². The van der Waals surface area contributed by atoms with Crippen molar-refractivity contribution in [3.8, 4) is 5.75 Å². The third kappa shape index (κ3) is 5.45. The van der Waals surface area contributed by atoms with Crippen LogP contribution in [0.15, 0.2) is 42.5 Å². The van der Waals surface area contributed by atoms with E-state index in [9.17, 15) is 9.59 Å². The zero-order chi connectivity index (χ0) is 20.8. The number of carbonyl (C=O) groups excluding carboxylic acids is 2. The van der Waals surface area contributed by atoms with Gasteiger partial charge < -0.3 is 9.64 Å². The number of Topliss-reactive ketones (excluding diaryl/α,β-unsaturated/α-hetero) is 1. The number of ether oxygens (including phenoxy) is 1. The molecule has 0 aliphatic carbocycles. The van der Waals surface area contributed by atoms with Crippen LogP contribution >= 0.6 is 0 Å². The van der Waals surface area contributed by atoms with Crippen molar-refractivity contribution in [1.29, 1.82) is 0 Å². The smallest absolute Gasteiger partial charge is 0.222 e. The number of benzene rings is 2. The molecule has 3 rings (SSSR count). The van der Waals surface area contributed by atoms with E-state index in [1.807, 2.05) is 61.2 Å². The number of hydrogen-bond acceptors (Lipinski definition) is 4. The molecule has 1 fully saturated rings. The van der Waals surface area contributed by atoms with E-state index in [4.69, 9.17) is 4.74 Å². The van der Waals surface area contributed by atoms with Gasteiger partial charge in [-0.05, 0) is 49.1 Å². The number of hydrogen-bond donors (Lipinski definition) is 0. The van der Waals surface area contributed by atoms with Crippen molar-refractivity contribution in [1.82, 2.24) is 9.80 Å². The van der Waals surface area contributed by atoms with Crippen molar-refractivity contribution in [2.24, 2.45) is 0 Å². The molecule has 1 aliphatic rings. The number of methoxy groups -OCH3 is 1. The first-order valence-electron chi connectivity index (χ1n) is 10.2. The summed E-state index contributed by atoms with van der Waals surface area (Å²) < 4.78 is 5.36. The average Bonchev–Trinajstić information content (AvgIpc) is 2.74. The Kier molecular flexibility index (Phi) is 7.04. The fourth-order valence-corrected chi connectivity index (χ4v) is 3.67. The Balaban J connectivity index is 1.46. The zero-order valence-electron chi connectivity index (χ0n) is 17.6. The lowest BCUT2D eigenvalue weighted by Gasteiger charge is -2.34. The molecule has 2 aromatic carbocycles. The third-order valence-electron chi connectivity index (χ3n) is 5.72. The van der Waals surface area contributed by atoms with Crippen LogP contribution in [0.5, 0.6) is 5.75 Å². The number of carbonyl (C=O) groups is 2. The number of para-hydroxylation sites is 1. The van der Waals surface area contributed by atoms with Gasteiger partial charge in [-0.15, -0.1) is 0 Å². The molecule has 0 unspecified atom stereocenters. The van der Waals surface area contributed by atoms with Crippen LogP contribution in [-0.2, 0) is 11.2 Å². The van der Waals surface area contributed by atoms with E-state index in [0.29, 0.717) is 32.5 Å². The highest BCUT2D eigenvalue weighted by molar-refractivity contribution is 5.97. The van der Waals surface area contributed by atoms with Gasteiger partial charge in [-0.25, -0.2) is 0 Å². The van der Waals surface area contributed by atoms with Crippen LogP contribution in [0.2, 0.25) is 0 Å². The van der Waals surface area contributed by atoms with Crippen molar-refractivity contribution in [3.63, 3.8) is 0 Å². The Morgan fingerprint density at radius 1 is 0.966 bits per heavy atom. The predicted octanol–water partition coefficient (Wildman–Crippen LogP) is 3.27. The van der Waals surface area contributed by atoms with Gasteiger partial charge in [0.2, 0.25) is 5.91 Å². The molecule has 1 saturated heterocycles. The normalized spacial score (nSPS) is 14.7. The van der Waals surface area contributed by atoms with Crippen molar-refractivity contribution >= 4 is 11.7 Å². The lowest BCUT2D eigenvalue weighted by atomic mass is 10.0. The van der Waals surface area contributed by atoms with Gasteiger partial charge in [-0.1, -0.05) is 30.3 Å². The highest BCUT2D eigenvalue weighted by Gasteiger charge is 2.23. The molecule has 2 aromatic rings. The lowest BCUT2D eigenvalue weighted by Crippen LogP contribution is -2.50.